The Bertz CT molecular complexity index is 695. The Hall–Kier alpha value is -1.48. The number of aromatic nitrogens is 1. The molecule has 3 heterocycles. The molecule has 1 aromatic heterocycles. The standard InChI is InChI=1S/C17H26N4O3S/c1-20-8-10-21(11-9-20)25(22,23)16-2-3-17(19-14-16)18-7-4-15-5-12-24-13-6-15/h2-3,5,14H,4,6-13H2,1H3,(H,18,19). The summed E-state index contributed by atoms with van der Waals surface area (Å²) in [6, 6.07) is 3.37. The maximum absolute atomic E-state index is 12.7. The van der Waals surface area contributed by atoms with Crippen LogP contribution in [0.2, 0.25) is 0 Å². The first-order valence-electron chi connectivity index (χ1n) is 8.70. The smallest absolute Gasteiger partial charge is 0.244 e. The lowest BCUT2D eigenvalue weighted by Gasteiger charge is -2.31. The third-order valence-electron chi connectivity index (χ3n) is 4.65. The van der Waals surface area contributed by atoms with E-state index in [9.17, 15) is 8.42 Å². The summed E-state index contributed by atoms with van der Waals surface area (Å²) in [4.78, 5) is 6.66. The molecule has 0 bridgehead atoms. The van der Waals surface area contributed by atoms with Crippen LogP contribution in [-0.2, 0) is 14.8 Å². The lowest BCUT2D eigenvalue weighted by molar-refractivity contribution is 0.153. The second-order valence-corrected chi connectivity index (χ2v) is 8.39. The number of pyridine rings is 1. The van der Waals surface area contributed by atoms with E-state index in [2.05, 4.69) is 21.3 Å². The number of piperazine rings is 1. The monoisotopic (exact) mass is 366 g/mol. The topological polar surface area (TPSA) is 74.8 Å². The first-order valence-corrected chi connectivity index (χ1v) is 10.1. The second-order valence-electron chi connectivity index (χ2n) is 6.45. The van der Waals surface area contributed by atoms with Crippen molar-refractivity contribution in [3.05, 3.63) is 30.0 Å². The predicted octanol–water partition coefficient (Wildman–Crippen LogP) is 1.17. The summed E-state index contributed by atoms with van der Waals surface area (Å²) < 4.78 is 32.1. The van der Waals surface area contributed by atoms with Gasteiger partial charge in [-0.05, 0) is 32.0 Å². The van der Waals surface area contributed by atoms with Gasteiger partial charge in [0.15, 0.2) is 0 Å². The van der Waals surface area contributed by atoms with E-state index >= 15 is 0 Å². The van der Waals surface area contributed by atoms with Gasteiger partial charge in [0.25, 0.3) is 0 Å². The van der Waals surface area contributed by atoms with Gasteiger partial charge >= 0.3 is 0 Å². The highest BCUT2D eigenvalue weighted by Gasteiger charge is 2.27. The van der Waals surface area contributed by atoms with Crippen LogP contribution in [-0.4, -0.2) is 75.6 Å². The van der Waals surface area contributed by atoms with Crippen LogP contribution in [0.3, 0.4) is 0 Å². The lowest BCUT2D eigenvalue weighted by atomic mass is 10.1. The molecule has 3 rings (SSSR count). The number of ether oxygens (including phenoxy) is 1. The molecular weight excluding hydrogens is 340 g/mol. The fraction of sp³-hybridized carbons (Fsp3) is 0.588. The van der Waals surface area contributed by atoms with E-state index in [-0.39, 0.29) is 4.90 Å². The number of nitrogens with zero attached hydrogens (tertiary/aromatic N) is 3. The minimum atomic E-state index is -3.45. The van der Waals surface area contributed by atoms with E-state index in [0.717, 1.165) is 39.1 Å². The van der Waals surface area contributed by atoms with Crippen LogP contribution >= 0.6 is 0 Å². The number of sulfonamides is 1. The minimum Gasteiger partial charge on any atom is -0.377 e. The van der Waals surface area contributed by atoms with Crippen molar-refractivity contribution in [1.82, 2.24) is 14.2 Å². The molecule has 1 aromatic rings. The summed E-state index contributed by atoms with van der Waals surface area (Å²) in [7, 11) is -1.44. The van der Waals surface area contributed by atoms with E-state index in [1.165, 1.54) is 16.1 Å². The quantitative estimate of drug-likeness (QED) is 0.762. The average molecular weight is 366 g/mol. The zero-order chi connectivity index (χ0) is 17.7. The molecule has 0 spiro atoms. The molecule has 2 aliphatic rings. The van der Waals surface area contributed by atoms with Crippen molar-refractivity contribution < 1.29 is 13.2 Å². The van der Waals surface area contributed by atoms with Gasteiger partial charge in [0, 0.05) is 38.9 Å². The van der Waals surface area contributed by atoms with E-state index in [1.807, 2.05) is 7.05 Å². The second kappa shape index (κ2) is 8.27. The highest BCUT2D eigenvalue weighted by atomic mass is 32.2. The predicted molar refractivity (Wildman–Crippen MR) is 97.1 cm³/mol. The van der Waals surface area contributed by atoms with Gasteiger partial charge in [0.05, 0.1) is 13.2 Å². The molecule has 0 radical (unpaired) electrons. The zero-order valence-corrected chi connectivity index (χ0v) is 15.5. The largest absolute Gasteiger partial charge is 0.377 e. The Morgan fingerprint density at radius 2 is 2.04 bits per heavy atom. The van der Waals surface area contributed by atoms with Crippen LogP contribution < -0.4 is 5.32 Å². The molecule has 1 N–H and O–H groups in total. The molecule has 2 aliphatic heterocycles. The first-order chi connectivity index (χ1) is 12.1. The summed E-state index contributed by atoms with van der Waals surface area (Å²) in [5.74, 6) is 0.699. The average Bonchev–Trinajstić information content (AvgIpc) is 2.63. The SMILES string of the molecule is CN1CCN(S(=O)(=O)c2ccc(NCCC3=CCOCC3)nc2)CC1. The van der Waals surface area contributed by atoms with Crippen molar-refractivity contribution in [1.29, 1.82) is 0 Å². The maximum atomic E-state index is 12.7. The van der Waals surface area contributed by atoms with Crippen molar-refractivity contribution in [2.24, 2.45) is 0 Å². The molecule has 7 nitrogen and oxygen atoms in total. The third-order valence-corrected chi connectivity index (χ3v) is 6.53. The van der Waals surface area contributed by atoms with E-state index < -0.39 is 10.0 Å². The lowest BCUT2D eigenvalue weighted by Crippen LogP contribution is -2.47. The van der Waals surface area contributed by atoms with Gasteiger partial charge in [-0.25, -0.2) is 13.4 Å². The molecule has 25 heavy (non-hydrogen) atoms. The van der Waals surface area contributed by atoms with Crippen LogP contribution in [0.15, 0.2) is 34.9 Å². The third kappa shape index (κ3) is 4.78. The molecule has 0 aromatic carbocycles. The first kappa shape index (κ1) is 18.3. The highest BCUT2D eigenvalue weighted by molar-refractivity contribution is 7.89. The number of likely N-dealkylation sites (N-methyl/N-ethyl adjacent to an activating group) is 1. The van der Waals surface area contributed by atoms with Crippen molar-refractivity contribution in [2.75, 3.05) is 58.3 Å². The molecule has 1 fully saturated rings. The Labute approximate surface area is 149 Å². The van der Waals surface area contributed by atoms with Gasteiger partial charge in [-0.2, -0.15) is 4.31 Å². The molecular formula is C17H26N4O3S. The van der Waals surface area contributed by atoms with Crippen LogP contribution in [0.5, 0.6) is 0 Å². The normalized spacial score (nSPS) is 20.3. The number of anilines is 1. The minimum absolute atomic E-state index is 0.259. The fourth-order valence-electron chi connectivity index (χ4n) is 2.96. The van der Waals surface area contributed by atoms with Crippen LogP contribution in [0.4, 0.5) is 5.82 Å². The van der Waals surface area contributed by atoms with Gasteiger partial charge in [0.1, 0.15) is 10.7 Å². The number of hydrogen-bond acceptors (Lipinski definition) is 6. The van der Waals surface area contributed by atoms with E-state index in [0.29, 0.717) is 25.5 Å². The van der Waals surface area contributed by atoms with Crippen molar-refractivity contribution in [3.63, 3.8) is 0 Å². The van der Waals surface area contributed by atoms with E-state index in [4.69, 9.17) is 4.74 Å². The Morgan fingerprint density at radius 1 is 1.24 bits per heavy atom. The summed E-state index contributed by atoms with van der Waals surface area (Å²) in [5, 5.41) is 3.25. The molecule has 0 amide bonds. The van der Waals surface area contributed by atoms with Gasteiger partial charge in [-0.3, -0.25) is 0 Å². The molecule has 0 saturated carbocycles. The maximum Gasteiger partial charge on any atom is 0.244 e. The molecule has 0 aliphatic carbocycles. The summed E-state index contributed by atoms with van der Waals surface area (Å²) in [5.41, 5.74) is 1.40. The summed E-state index contributed by atoms with van der Waals surface area (Å²) in [6.45, 7) is 4.84. The molecule has 0 unspecified atom stereocenters. The highest BCUT2D eigenvalue weighted by Crippen LogP contribution is 2.18. The Morgan fingerprint density at radius 3 is 2.68 bits per heavy atom. The Balaban J connectivity index is 1.55. The van der Waals surface area contributed by atoms with E-state index in [1.54, 1.807) is 12.1 Å². The van der Waals surface area contributed by atoms with Gasteiger partial charge in [-0.1, -0.05) is 11.6 Å². The van der Waals surface area contributed by atoms with Gasteiger partial charge < -0.3 is 15.0 Å². The number of hydrogen-bond donors (Lipinski definition) is 1. The van der Waals surface area contributed by atoms with Crippen molar-refractivity contribution in [3.8, 4) is 0 Å². The number of rotatable bonds is 6. The van der Waals surface area contributed by atoms with Crippen molar-refractivity contribution in [2.45, 2.75) is 17.7 Å². The molecule has 8 heteroatoms. The number of nitrogens with one attached hydrogen (secondary N) is 1. The molecule has 138 valence electrons. The van der Waals surface area contributed by atoms with Gasteiger partial charge in [0.2, 0.25) is 10.0 Å². The Kier molecular flexibility index (Phi) is 6.06. The van der Waals surface area contributed by atoms with Crippen LogP contribution in [0.1, 0.15) is 12.8 Å². The van der Waals surface area contributed by atoms with Crippen molar-refractivity contribution >= 4 is 15.8 Å². The van der Waals surface area contributed by atoms with Crippen LogP contribution in [0, 0.1) is 0 Å². The summed E-state index contributed by atoms with van der Waals surface area (Å²) in [6.07, 6.45) is 5.51. The fourth-order valence-corrected chi connectivity index (χ4v) is 4.33. The van der Waals surface area contributed by atoms with Gasteiger partial charge in [-0.15, -0.1) is 0 Å². The summed E-state index contributed by atoms with van der Waals surface area (Å²) >= 11 is 0. The van der Waals surface area contributed by atoms with Crippen LogP contribution in [0.25, 0.3) is 0 Å². The molecule has 1 saturated heterocycles. The zero-order valence-electron chi connectivity index (χ0n) is 14.6. The molecule has 0 atom stereocenters.